The van der Waals surface area contributed by atoms with Crippen LogP contribution in [0.4, 0.5) is 10.1 Å². The van der Waals surface area contributed by atoms with E-state index >= 15 is 0 Å². The number of rotatable bonds is 8. The minimum atomic E-state index is -0.194. The Hall–Kier alpha value is -3.21. The lowest BCUT2D eigenvalue weighted by Gasteiger charge is -2.08. The van der Waals surface area contributed by atoms with Gasteiger partial charge in [-0.1, -0.05) is 48.5 Å². The van der Waals surface area contributed by atoms with Gasteiger partial charge in [-0.15, -0.1) is 0 Å². The molecular weight excluding hydrogens is 341 g/mol. The Balaban J connectivity index is 1.43. The number of amides is 1. The number of hydrogen-bond donors (Lipinski definition) is 2. The van der Waals surface area contributed by atoms with Gasteiger partial charge in [0.1, 0.15) is 11.5 Å². The Labute approximate surface area is 158 Å². The molecule has 0 aliphatic rings. The Bertz CT molecular complexity index is 866. The van der Waals surface area contributed by atoms with Gasteiger partial charge in [0.25, 0.3) is 5.91 Å². The highest BCUT2D eigenvalue weighted by Crippen LogP contribution is 2.10. The van der Waals surface area contributed by atoms with E-state index < -0.39 is 0 Å². The van der Waals surface area contributed by atoms with Gasteiger partial charge in [-0.25, -0.2) is 9.37 Å². The molecule has 4 nitrogen and oxygen atoms in total. The molecule has 1 amide bonds. The second-order valence-corrected chi connectivity index (χ2v) is 6.19. The Kier molecular flexibility index (Phi) is 6.52. The van der Waals surface area contributed by atoms with Crippen molar-refractivity contribution in [3.8, 4) is 0 Å². The molecule has 0 bridgehead atoms. The van der Waals surface area contributed by atoms with Crippen LogP contribution in [0.2, 0.25) is 0 Å². The fourth-order valence-electron chi connectivity index (χ4n) is 2.73. The maximum absolute atomic E-state index is 13.6. The first-order chi connectivity index (χ1) is 13.2. The van der Waals surface area contributed by atoms with E-state index in [1.54, 1.807) is 30.5 Å². The molecule has 2 aromatic carbocycles. The Morgan fingerprint density at radius 2 is 1.67 bits per heavy atom. The number of halogens is 1. The molecule has 0 aliphatic heterocycles. The summed E-state index contributed by atoms with van der Waals surface area (Å²) in [7, 11) is 0. The highest BCUT2D eigenvalue weighted by molar-refractivity contribution is 5.92. The van der Waals surface area contributed by atoms with Crippen LogP contribution in [0.3, 0.4) is 0 Å². The van der Waals surface area contributed by atoms with Crippen molar-refractivity contribution in [3.05, 3.63) is 95.6 Å². The second kappa shape index (κ2) is 9.48. The van der Waals surface area contributed by atoms with E-state index in [1.807, 2.05) is 36.4 Å². The molecule has 27 heavy (non-hydrogen) atoms. The number of pyridine rings is 1. The fraction of sp³-hybridized carbons (Fsp3) is 0.182. The first kappa shape index (κ1) is 18.6. The zero-order chi connectivity index (χ0) is 18.9. The largest absolute Gasteiger partial charge is 0.383 e. The molecule has 0 aliphatic carbocycles. The maximum Gasteiger partial charge on any atom is 0.269 e. The number of hydrogen-bond acceptors (Lipinski definition) is 3. The number of anilines is 1. The van der Waals surface area contributed by atoms with E-state index in [0.717, 1.165) is 12.1 Å². The van der Waals surface area contributed by atoms with Crippen molar-refractivity contribution in [2.45, 2.75) is 12.8 Å². The van der Waals surface area contributed by atoms with Crippen LogP contribution in [-0.4, -0.2) is 24.0 Å². The summed E-state index contributed by atoms with van der Waals surface area (Å²) in [4.78, 5) is 16.3. The van der Waals surface area contributed by atoms with E-state index in [9.17, 15) is 9.18 Å². The van der Waals surface area contributed by atoms with Gasteiger partial charge in [0.05, 0.1) is 11.9 Å². The number of nitrogens with zero attached hydrogens (tertiary/aromatic N) is 1. The highest BCUT2D eigenvalue weighted by Gasteiger charge is 2.07. The Morgan fingerprint density at radius 3 is 2.41 bits per heavy atom. The summed E-state index contributed by atoms with van der Waals surface area (Å²) >= 11 is 0. The van der Waals surface area contributed by atoms with E-state index in [1.165, 1.54) is 11.6 Å². The number of benzene rings is 2. The molecule has 0 saturated heterocycles. The molecule has 0 spiro atoms. The number of carbonyl (C=O) groups is 1. The molecule has 3 aromatic rings. The zero-order valence-corrected chi connectivity index (χ0v) is 15.0. The average Bonchev–Trinajstić information content (AvgIpc) is 2.71. The monoisotopic (exact) mass is 363 g/mol. The molecule has 2 N–H and O–H groups in total. The summed E-state index contributed by atoms with van der Waals surface area (Å²) in [6.07, 6.45) is 2.98. The van der Waals surface area contributed by atoms with Gasteiger partial charge < -0.3 is 10.6 Å². The predicted octanol–water partition coefficient (Wildman–Crippen LogP) is 3.85. The summed E-state index contributed by atoms with van der Waals surface area (Å²) in [5.74, 6) is -0.385. The van der Waals surface area contributed by atoms with E-state index in [0.29, 0.717) is 30.8 Å². The number of aromatic nitrogens is 1. The lowest BCUT2D eigenvalue weighted by atomic mass is 10.1. The van der Waals surface area contributed by atoms with Crippen LogP contribution < -0.4 is 10.6 Å². The van der Waals surface area contributed by atoms with Gasteiger partial charge in [-0.2, -0.15) is 0 Å². The van der Waals surface area contributed by atoms with E-state index in [-0.39, 0.29) is 11.7 Å². The molecule has 0 atom stereocenters. The minimum absolute atomic E-state index is 0.191. The van der Waals surface area contributed by atoms with Gasteiger partial charge in [-0.3, -0.25) is 4.79 Å². The SMILES string of the molecule is O=C(NCCc1ccccc1)c1ccc(NCCc2ccccc2F)cn1. The Morgan fingerprint density at radius 1 is 0.889 bits per heavy atom. The molecule has 1 aromatic heterocycles. The number of nitrogens with one attached hydrogen (secondary N) is 2. The van der Waals surface area contributed by atoms with Crippen molar-refractivity contribution >= 4 is 11.6 Å². The first-order valence-electron chi connectivity index (χ1n) is 8.98. The quantitative estimate of drug-likeness (QED) is 0.639. The van der Waals surface area contributed by atoms with Gasteiger partial charge in [0.2, 0.25) is 0 Å². The summed E-state index contributed by atoms with van der Waals surface area (Å²) in [6.45, 7) is 1.15. The third-order valence-corrected chi connectivity index (χ3v) is 4.22. The number of carbonyl (C=O) groups excluding carboxylic acids is 1. The van der Waals surface area contributed by atoms with Crippen molar-refractivity contribution < 1.29 is 9.18 Å². The molecular formula is C22H22FN3O. The predicted molar refractivity (Wildman–Crippen MR) is 105 cm³/mol. The van der Waals surface area contributed by atoms with Gasteiger partial charge in [-0.05, 0) is 42.2 Å². The van der Waals surface area contributed by atoms with Crippen molar-refractivity contribution in [3.63, 3.8) is 0 Å². The average molecular weight is 363 g/mol. The van der Waals surface area contributed by atoms with Crippen molar-refractivity contribution in [1.29, 1.82) is 0 Å². The van der Waals surface area contributed by atoms with Gasteiger partial charge in [0, 0.05) is 13.1 Å². The van der Waals surface area contributed by atoms with Crippen LogP contribution in [0.5, 0.6) is 0 Å². The normalized spacial score (nSPS) is 10.4. The van der Waals surface area contributed by atoms with Crippen LogP contribution in [0.15, 0.2) is 72.9 Å². The summed E-state index contributed by atoms with van der Waals surface area (Å²) in [5, 5.41) is 6.06. The van der Waals surface area contributed by atoms with Gasteiger partial charge in [0.15, 0.2) is 0 Å². The molecule has 1 heterocycles. The third kappa shape index (κ3) is 5.64. The summed E-state index contributed by atoms with van der Waals surface area (Å²) in [5.41, 5.74) is 3.03. The summed E-state index contributed by atoms with van der Waals surface area (Å²) < 4.78 is 13.6. The molecule has 0 radical (unpaired) electrons. The summed E-state index contributed by atoms with van der Waals surface area (Å²) in [6, 6.07) is 20.2. The third-order valence-electron chi connectivity index (χ3n) is 4.22. The minimum Gasteiger partial charge on any atom is -0.383 e. The first-order valence-corrected chi connectivity index (χ1v) is 8.98. The molecule has 0 saturated carbocycles. The van der Waals surface area contributed by atoms with E-state index in [2.05, 4.69) is 15.6 Å². The molecule has 3 rings (SSSR count). The maximum atomic E-state index is 13.6. The highest BCUT2D eigenvalue weighted by atomic mass is 19.1. The van der Waals surface area contributed by atoms with Crippen LogP contribution in [-0.2, 0) is 12.8 Å². The van der Waals surface area contributed by atoms with E-state index in [4.69, 9.17) is 0 Å². The lowest BCUT2D eigenvalue weighted by Crippen LogP contribution is -2.26. The molecule has 0 unspecified atom stereocenters. The molecule has 138 valence electrons. The van der Waals surface area contributed by atoms with Gasteiger partial charge >= 0.3 is 0 Å². The zero-order valence-electron chi connectivity index (χ0n) is 15.0. The van der Waals surface area contributed by atoms with Crippen LogP contribution >= 0.6 is 0 Å². The molecule has 5 heteroatoms. The standard InChI is InChI=1S/C22H22FN3O/c23-20-9-5-4-8-18(20)13-15-24-19-10-11-21(26-16-19)22(27)25-14-12-17-6-2-1-3-7-17/h1-11,16,24H,12-15H2,(H,25,27). The van der Waals surface area contributed by atoms with Crippen molar-refractivity contribution in [2.24, 2.45) is 0 Å². The van der Waals surface area contributed by atoms with Crippen LogP contribution in [0.25, 0.3) is 0 Å². The van der Waals surface area contributed by atoms with Crippen LogP contribution in [0.1, 0.15) is 21.6 Å². The topological polar surface area (TPSA) is 54.0 Å². The second-order valence-electron chi connectivity index (χ2n) is 6.19. The van der Waals surface area contributed by atoms with Crippen molar-refractivity contribution in [1.82, 2.24) is 10.3 Å². The van der Waals surface area contributed by atoms with Crippen molar-refractivity contribution in [2.75, 3.05) is 18.4 Å². The van der Waals surface area contributed by atoms with Crippen LogP contribution in [0, 0.1) is 5.82 Å². The molecule has 0 fully saturated rings. The fourth-order valence-corrected chi connectivity index (χ4v) is 2.73. The lowest BCUT2D eigenvalue weighted by molar-refractivity contribution is 0.0949. The smallest absolute Gasteiger partial charge is 0.269 e.